The highest BCUT2D eigenvalue weighted by molar-refractivity contribution is 7.99. The highest BCUT2D eigenvalue weighted by Crippen LogP contribution is 2.23. The molecule has 1 fully saturated rings. The summed E-state index contributed by atoms with van der Waals surface area (Å²) in [4.78, 5) is 0. The van der Waals surface area contributed by atoms with Gasteiger partial charge in [0.1, 0.15) is 0 Å². The van der Waals surface area contributed by atoms with Gasteiger partial charge in [0.15, 0.2) is 0 Å². The van der Waals surface area contributed by atoms with Crippen molar-refractivity contribution in [2.24, 2.45) is 5.92 Å². The topological polar surface area (TPSA) is 51.0 Å². The van der Waals surface area contributed by atoms with E-state index in [0.29, 0.717) is 24.2 Å². The van der Waals surface area contributed by atoms with E-state index < -0.39 is 0 Å². The zero-order valence-electron chi connectivity index (χ0n) is 8.41. The van der Waals surface area contributed by atoms with Crippen LogP contribution in [0.25, 0.3) is 0 Å². The predicted molar refractivity (Wildman–Crippen MR) is 62.6 cm³/mol. The molecule has 4 nitrogen and oxygen atoms in total. The van der Waals surface area contributed by atoms with Crippen LogP contribution in [0.2, 0.25) is 0 Å². The lowest BCUT2D eigenvalue weighted by Crippen LogP contribution is -2.13. The number of rotatable bonds is 5. The molecule has 0 aliphatic carbocycles. The first kappa shape index (κ1) is 11.1. The standard InChI is InChI=1S/C9H14ClN3OS/c10-3-1-8-12-13-9(14-8)11-5-7-2-4-15-6-7/h7H,1-6H2,(H,11,13). The zero-order chi connectivity index (χ0) is 10.5. The third-order valence-electron chi connectivity index (χ3n) is 2.34. The summed E-state index contributed by atoms with van der Waals surface area (Å²) in [6.07, 6.45) is 1.91. The number of alkyl halides is 1. The molecule has 0 bridgehead atoms. The van der Waals surface area contributed by atoms with Crippen LogP contribution in [0.5, 0.6) is 0 Å². The van der Waals surface area contributed by atoms with E-state index in [9.17, 15) is 0 Å². The van der Waals surface area contributed by atoms with Gasteiger partial charge in [-0.1, -0.05) is 5.10 Å². The zero-order valence-corrected chi connectivity index (χ0v) is 9.98. The number of nitrogens with zero attached hydrogens (tertiary/aromatic N) is 2. The lowest BCUT2D eigenvalue weighted by molar-refractivity contribution is 0.505. The molecular formula is C9H14ClN3OS. The van der Waals surface area contributed by atoms with Crippen LogP contribution in [-0.4, -0.2) is 34.1 Å². The fourth-order valence-corrected chi connectivity index (χ4v) is 2.93. The summed E-state index contributed by atoms with van der Waals surface area (Å²) in [6.45, 7) is 0.926. The van der Waals surface area contributed by atoms with E-state index in [4.69, 9.17) is 16.0 Å². The number of aromatic nitrogens is 2. The largest absolute Gasteiger partial charge is 0.408 e. The van der Waals surface area contributed by atoms with Crippen LogP contribution >= 0.6 is 23.4 Å². The Hall–Kier alpha value is -0.420. The van der Waals surface area contributed by atoms with E-state index in [1.165, 1.54) is 17.9 Å². The van der Waals surface area contributed by atoms with Gasteiger partial charge in [-0.05, 0) is 23.8 Å². The van der Waals surface area contributed by atoms with Gasteiger partial charge in [0.05, 0.1) is 0 Å². The maximum Gasteiger partial charge on any atom is 0.315 e. The molecule has 84 valence electrons. The number of thioether (sulfide) groups is 1. The molecule has 6 heteroatoms. The quantitative estimate of drug-likeness (QED) is 0.807. The molecule has 2 rings (SSSR count). The van der Waals surface area contributed by atoms with E-state index in [2.05, 4.69) is 15.5 Å². The molecule has 1 saturated heterocycles. The van der Waals surface area contributed by atoms with Crippen LogP contribution in [0.4, 0.5) is 6.01 Å². The van der Waals surface area contributed by atoms with Gasteiger partial charge in [-0.3, -0.25) is 0 Å². The summed E-state index contributed by atoms with van der Waals surface area (Å²) in [7, 11) is 0. The SMILES string of the molecule is ClCCc1nnc(NCC2CCSC2)o1. The van der Waals surface area contributed by atoms with Crippen molar-refractivity contribution in [1.29, 1.82) is 0 Å². The Bertz CT molecular complexity index is 301. The first-order chi connectivity index (χ1) is 7.38. The normalized spacial score (nSPS) is 20.7. The number of aryl methyl sites for hydroxylation is 1. The molecule has 0 aromatic carbocycles. The molecule has 0 spiro atoms. The van der Waals surface area contributed by atoms with E-state index in [1.807, 2.05) is 11.8 Å². The van der Waals surface area contributed by atoms with Gasteiger partial charge in [0, 0.05) is 18.8 Å². The minimum absolute atomic E-state index is 0.515. The Morgan fingerprint density at radius 3 is 3.20 bits per heavy atom. The van der Waals surface area contributed by atoms with Crippen LogP contribution in [-0.2, 0) is 6.42 Å². The number of hydrogen-bond acceptors (Lipinski definition) is 5. The molecule has 1 aliphatic rings. The lowest BCUT2D eigenvalue weighted by Gasteiger charge is -2.06. The number of anilines is 1. The van der Waals surface area contributed by atoms with Crippen LogP contribution in [0, 0.1) is 5.92 Å². The molecule has 1 N–H and O–H groups in total. The molecule has 0 amide bonds. The molecule has 1 aromatic rings. The monoisotopic (exact) mass is 247 g/mol. The van der Waals surface area contributed by atoms with Crippen molar-refractivity contribution in [1.82, 2.24) is 10.2 Å². The van der Waals surface area contributed by atoms with Gasteiger partial charge in [0.25, 0.3) is 0 Å². The Balaban J connectivity index is 1.77. The van der Waals surface area contributed by atoms with E-state index in [0.717, 1.165) is 12.5 Å². The van der Waals surface area contributed by atoms with Crippen molar-refractivity contribution in [2.45, 2.75) is 12.8 Å². The molecule has 1 aliphatic heterocycles. The number of nitrogens with one attached hydrogen (secondary N) is 1. The summed E-state index contributed by atoms with van der Waals surface area (Å²) in [6, 6.07) is 0.520. The van der Waals surface area contributed by atoms with Gasteiger partial charge in [-0.25, -0.2) is 0 Å². The average Bonchev–Trinajstić information content (AvgIpc) is 2.85. The minimum atomic E-state index is 0.515. The van der Waals surface area contributed by atoms with E-state index in [-0.39, 0.29) is 0 Å². The van der Waals surface area contributed by atoms with Gasteiger partial charge in [0.2, 0.25) is 5.89 Å². The van der Waals surface area contributed by atoms with Gasteiger partial charge in [-0.2, -0.15) is 11.8 Å². The first-order valence-electron chi connectivity index (χ1n) is 5.08. The number of halogens is 1. The lowest BCUT2D eigenvalue weighted by atomic mass is 10.1. The fourth-order valence-electron chi connectivity index (χ4n) is 1.48. The molecule has 1 aromatic heterocycles. The second-order valence-corrected chi connectivity index (χ2v) is 5.08. The van der Waals surface area contributed by atoms with Crippen LogP contribution in [0.1, 0.15) is 12.3 Å². The van der Waals surface area contributed by atoms with E-state index in [1.54, 1.807) is 0 Å². The van der Waals surface area contributed by atoms with Crippen LogP contribution in [0.3, 0.4) is 0 Å². The number of hydrogen-bond donors (Lipinski definition) is 1. The van der Waals surface area contributed by atoms with Crippen LogP contribution in [0.15, 0.2) is 4.42 Å². The molecular weight excluding hydrogens is 234 g/mol. The summed E-state index contributed by atoms with van der Waals surface area (Å²) in [5.74, 6) is 4.36. The highest BCUT2D eigenvalue weighted by Gasteiger charge is 2.16. The van der Waals surface area contributed by atoms with E-state index >= 15 is 0 Å². The first-order valence-corrected chi connectivity index (χ1v) is 6.77. The van der Waals surface area contributed by atoms with Crippen molar-refractivity contribution >= 4 is 29.4 Å². The maximum absolute atomic E-state index is 5.58. The molecule has 1 atom stereocenters. The second kappa shape index (κ2) is 5.61. The van der Waals surface area contributed by atoms with Gasteiger partial charge < -0.3 is 9.73 Å². The molecule has 0 radical (unpaired) electrons. The molecule has 2 heterocycles. The Kier molecular flexibility index (Phi) is 4.14. The Morgan fingerprint density at radius 1 is 1.53 bits per heavy atom. The summed E-state index contributed by atoms with van der Waals surface area (Å²) >= 11 is 7.58. The maximum atomic E-state index is 5.58. The Morgan fingerprint density at radius 2 is 2.47 bits per heavy atom. The van der Waals surface area contributed by atoms with Crippen molar-refractivity contribution in [3.05, 3.63) is 5.89 Å². The fraction of sp³-hybridized carbons (Fsp3) is 0.778. The summed E-state index contributed by atoms with van der Waals surface area (Å²) in [5.41, 5.74) is 0. The summed E-state index contributed by atoms with van der Waals surface area (Å²) < 4.78 is 5.36. The minimum Gasteiger partial charge on any atom is -0.408 e. The van der Waals surface area contributed by atoms with Crippen molar-refractivity contribution in [2.75, 3.05) is 29.2 Å². The van der Waals surface area contributed by atoms with Crippen molar-refractivity contribution < 1.29 is 4.42 Å². The van der Waals surface area contributed by atoms with Gasteiger partial charge >= 0.3 is 6.01 Å². The van der Waals surface area contributed by atoms with Crippen LogP contribution < -0.4 is 5.32 Å². The van der Waals surface area contributed by atoms with Gasteiger partial charge in [-0.15, -0.1) is 16.7 Å². The molecule has 1 unspecified atom stereocenters. The average molecular weight is 248 g/mol. The Labute approximate surface area is 98.2 Å². The highest BCUT2D eigenvalue weighted by atomic mass is 35.5. The molecule has 15 heavy (non-hydrogen) atoms. The smallest absolute Gasteiger partial charge is 0.315 e. The molecule has 0 saturated carbocycles. The third kappa shape index (κ3) is 3.28. The summed E-state index contributed by atoms with van der Waals surface area (Å²) in [5, 5.41) is 11.0. The van der Waals surface area contributed by atoms with Crippen molar-refractivity contribution in [3.8, 4) is 0 Å². The third-order valence-corrected chi connectivity index (χ3v) is 3.76. The predicted octanol–water partition coefficient (Wildman–Crippen LogP) is 2.02. The van der Waals surface area contributed by atoms with Crippen molar-refractivity contribution in [3.63, 3.8) is 0 Å². The second-order valence-electron chi connectivity index (χ2n) is 3.55.